The van der Waals surface area contributed by atoms with Crippen molar-refractivity contribution < 1.29 is 19.5 Å². The minimum absolute atomic E-state index is 0.00578. The van der Waals surface area contributed by atoms with Gasteiger partial charge in [0.1, 0.15) is 12.1 Å². The summed E-state index contributed by atoms with van der Waals surface area (Å²) in [4.78, 5) is 41.4. The summed E-state index contributed by atoms with van der Waals surface area (Å²) in [6.07, 6.45) is 5.67. The van der Waals surface area contributed by atoms with Gasteiger partial charge < -0.3 is 15.3 Å². The van der Waals surface area contributed by atoms with E-state index in [0.29, 0.717) is 12.8 Å². The van der Waals surface area contributed by atoms with Crippen LogP contribution in [-0.4, -0.2) is 76.0 Å². The van der Waals surface area contributed by atoms with Crippen molar-refractivity contribution in [3.63, 3.8) is 0 Å². The average molecular weight is 528 g/mol. The fourth-order valence-corrected chi connectivity index (χ4v) is 6.63. The molecule has 1 unspecified atom stereocenters. The lowest BCUT2D eigenvalue weighted by Gasteiger charge is -2.50. The quantitative estimate of drug-likeness (QED) is 0.403. The molecule has 9 heteroatoms. The zero-order valence-electron chi connectivity index (χ0n) is 23.5. The third kappa shape index (κ3) is 5.66. The first-order valence-corrected chi connectivity index (χ1v) is 14.1. The number of likely N-dealkylation sites (N-methyl/N-ethyl adjacent to an activating group) is 1. The minimum Gasteiger partial charge on any atom is -0.391 e. The number of nitrogens with one attached hydrogen (secondary N) is 3. The summed E-state index contributed by atoms with van der Waals surface area (Å²) < 4.78 is 0. The van der Waals surface area contributed by atoms with Crippen LogP contribution in [0.5, 0.6) is 0 Å². The number of hydrogen-bond donors (Lipinski definition) is 4. The summed E-state index contributed by atoms with van der Waals surface area (Å²) in [5.41, 5.74) is 7.91. The molecule has 2 amide bonds. The number of hydrazine groups is 2. The highest BCUT2D eigenvalue weighted by molar-refractivity contribution is 5.96. The molecule has 1 saturated carbocycles. The van der Waals surface area contributed by atoms with Gasteiger partial charge in [0.2, 0.25) is 11.8 Å². The van der Waals surface area contributed by atoms with E-state index in [0.717, 1.165) is 43.2 Å². The van der Waals surface area contributed by atoms with Crippen LogP contribution in [0.25, 0.3) is 0 Å². The standard InChI is InChI=1S/C29H45N5O4/c1-19-9-11-20(12-10-19)23(36)13-14-24-29(15-7-6-8-16-29)34(32-31-24)25(28(2,3)4)27(38)33-18-21(35)17-22(33)26(37)30-5/h9-12,21-22,24-25,31-32,35H,6-8,13-18H2,1-5H3,(H,30,37)/t21-,22+,24?,25-/m1/s1. The summed E-state index contributed by atoms with van der Waals surface area (Å²) >= 11 is 0. The molecule has 0 aromatic heterocycles. The maximum Gasteiger partial charge on any atom is 0.242 e. The lowest BCUT2D eigenvalue weighted by Crippen LogP contribution is -2.66. The lowest BCUT2D eigenvalue weighted by atomic mass is 9.72. The van der Waals surface area contributed by atoms with Crippen LogP contribution < -0.4 is 16.3 Å². The molecule has 4 atom stereocenters. The molecule has 2 saturated heterocycles. The van der Waals surface area contributed by atoms with Crippen LogP contribution in [0.15, 0.2) is 24.3 Å². The van der Waals surface area contributed by atoms with Gasteiger partial charge >= 0.3 is 0 Å². The normalized spacial score (nSPS) is 26.5. The van der Waals surface area contributed by atoms with Gasteiger partial charge in [0.25, 0.3) is 0 Å². The Morgan fingerprint density at radius 2 is 1.79 bits per heavy atom. The van der Waals surface area contributed by atoms with E-state index in [1.807, 2.05) is 52.0 Å². The maximum atomic E-state index is 14.2. The largest absolute Gasteiger partial charge is 0.391 e. The van der Waals surface area contributed by atoms with E-state index in [9.17, 15) is 19.5 Å². The topological polar surface area (TPSA) is 114 Å². The Morgan fingerprint density at radius 1 is 1.13 bits per heavy atom. The molecule has 38 heavy (non-hydrogen) atoms. The van der Waals surface area contributed by atoms with Crippen LogP contribution in [0.3, 0.4) is 0 Å². The zero-order chi connectivity index (χ0) is 27.7. The van der Waals surface area contributed by atoms with Crippen LogP contribution in [0.2, 0.25) is 0 Å². The Balaban J connectivity index is 1.59. The molecule has 1 aromatic carbocycles. The number of amides is 2. The molecule has 3 aliphatic rings. The summed E-state index contributed by atoms with van der Waals surface area (Å²) in [6, 6.07) is 6.46. The number of aliphatic hydroxyl groups is 1. The van der Waals surface area contributed by atoms with Crippen molar-refractivity contribution in [3.05, 3.63) is 35.4 Å². The molecule has 2 heterocycles. The van der Waals surface area contributed by atoms with E-state index in [-0.39, 0.29) is 42.1 Å². The van der Waals surface area contributed by atoms with Gasteiger partial charge in [0, 0.05) is 38.0 Å². The Kier molecular flexibility index (Phi) is 8.62. The predicted octanol–water partition coefficient (Wildman–Crippen LogP) is 2.48. The molecule has 4 rings (SSSR count). The second-order valence-electron chi connectivity index (χ2n) is 12.4. The molecule has 1 spiro atoms. The molecule has 210 valence electrons. The lowest BCUT2D eigenvalue weighted by molar-refractivity contribution is -0.152. The highest BCUT2D eigenvalue weighted by atomic mass is 16.3. The second kappa shape index (κ2) is 11.4. The van der Waals surface area contributed by atoms with Gasteiger partial charge in [0.15, 0.2) is 5.78 Å². The second-order valence-corrected chi connectivity index (χ2v) is 12.4. The summed E-state index contributed by atoms with van der Waals surface area (Å²) in [5.74, 6) is -0.285. The Labute approximate surface area is 226 Å². The van der Waals surface area contributed by atoms with Gasteiger partial charge in [-0.15, -0.1) is 0 Å². The highest BCUT2D eigenvalue weighted by Crippen LogP contribution is 2.44. The van der Waals surface area contributed by atoms with Crippen molar-refractivity contribution in [1.82, 2.24) is 26.2 Å². The van der Waals surface area contributed by atoms with E-state index in [1.54, 1.807) is 11.9 Å². The van der Waals surface area contributed by atoms with Crippen molar-refractivity contribution in [2.24, 2.45) is 5.41 Å². The molecule has 0 radical (unpaired) electrons. The fraction of sp³-hybridized carbons (Fsp3) is 0.690. The first-order valence-electron chi connectivity index (χ1n) is 14.1. The molecule has 1 aromatic rings. The number of aliphatic hydroxyl groups excluding tert-OH is 1. The number of rotatable bonds is 7. The third-order valence-corrected chi connectivity index (χ3v) is 8.66. The molecule has 0 bridgehead atoms. The van der Waals surface area contributed by atoms with Gasteiger partial charge in [-0.2, -0.15) is 5.53 Å². The SMILES string of the molecule is CNC(=O)[C@@H]1C[C@@H](O)CN1C(=O)[C@@H](N1NNC(CCC(=O)c2ccc(C)cc2)C12CCCCC2)C(C)(C)C. The third-order valence-electron chi connectivity index (χ3n) is 8.66. The Hall–Kier alpha value is -2.33. The van der Waals surface area contributed by atoms with Gasteiger partial charge in [0.05, 0.1) is 11.6 Å². The van der Waals surface area contributed by atoms with Gasteiger partial charge in [-0.3, -0.25) is 14.4 Å². The number of benzene rings is 1. The molecule has 1 aliphatic carbocycles. The summed E-state index contributed by atoms with van der Waals surface area (Å²) in [7, 11) is 1.56. The molecule has 3 fully saturated rings. The Morgan fingerprint density at radius 3 is 2.39 bits per heavy atom. The number of ketones is 1. The smallest absolute Gasteiger partial charge is 0.242 e. The van der Waals surface area contributed by atoms with Crippen molar-refractivity contribution in [3.8, 4) is 0 Å². The van der Waals surface area contributed by atoms with E-state index in [1.165, 1.54) is 0 Å². The van der Waals surface area contributed by atoms with E-state index in [2.05, 4.69) is 21.3 Å². The van der Waals surface area contributed by atoms with E-state index in [4.69, 9.17) is 0 Å². The molecule has 4 N–H and O–H groups in total. The molecular weight excluding hydrogens is 482 g/mol. The van der Waals surface area contributed by atoms with Crippen molar-refractivity contribution in [1.29, 1.82) is 0 Å². The number of carbonyl (C=O) groups is 3. The average Bonchev–Trinajstić information content (AvgIpc) is 3.43. The van der Waals surface area contributed by atoms with Crippen molar-refractivity contribution >= 4 is 17.6 Å². The fourth-order valence-electron chi connectivity index (χ4n) is 6.63. The highest BCUT2D eigenvalue weighted by Gasteiger charge is 2.57. The number of aryl methyl sites for hydroxylation is 1. The van der Waals surface area contributed by atoms with Gasteiger partial charge in [-0.05, 0) is 31.6 Å². The number of likely N-dealkylation sites (tertiary alicyclic amines) is 1. The number of nitrogens with zero attached hydrogens (tertiary/aromatic N) is 2. The van der Waals surface area contributed by atoms with Gasteiger partial charge in [-0.25, -0.2) is 10.4 Å². The monoisotopic (exact) mass is 527 g/mol. The number of carbonyl (C=O) groups excluding carboxylic acids is 3. The van der Waals surface area contributed by atoms with Gasteiger partial charge in [-0.1, -0.05) is 69.9 Å². The zero-order valence-corrected chi connectivity index (χ0v) is 23.5. The first kappa shape index (κ1) is 28.7. The van der Waals surface area contributed by atoms with E-state index >= 15 is 0 Å². The molecule has 2 aliphatic heterocycles. The van der Waals surface area contributed by atoms with Crippen LogP contribution in [0.4, 0.5) is 0 Å². The number of hydrogen-bond acceptors (Lipinski definition) is 7. The molecule has 9 nitrogen and oxygen atoms in total. The Bertz CT molecular complexity index is 1010. The first-order chi connectivity index (χ1) is 18.0. The van der Waals surface area contributed by atoms with Crippen LogP contribution in [0, 0.1) is 12.3 Å². The van der Waals surface area contributed by atoms with Crippen molar-refractivity contribution in [2.45, 2.75) is 109 Å². The van der Waals surface area contributed by atoms with Crippen LogP contribution in [0.1, 0.15) is 88.1 Å². The number of Topliss-reactive ketones (excluding diaryl/α,β-unsaturated/α-hetero) is 1. The predicted molar refractivity (Wildman–Crippen MR) is 146 cm³/mol. The minimum atomic E-state index is -0.726. The summed E-state index contributed by atoms with van der Waals surface area (Å²) in [5, 5.41) is 15.1. The molecular formula is C29H45N5O4. The maximum absolute atomic E-state index is 14.2. The van der Waals surface area contributed by atoms with Crippen LogP contribution >= 0.6 is 0 Å². The van der Waals surface area contributed by atoms with Crippen LogP contribution in [-0.2, 0) is 9.59 Å². The van der Waals surface area contributed by atoms with E-state index < -0.39 is 23.6 Å². The van der Waals surface area contributed by atoms with Crippen molar-refractivity contribution in [2.75, 3.05) is 13.6 Å². The number of β-amino-alcohol motifs (C(OH)–C–C–N with tert-alkyl or cyclic N) is 1. The summed E-state index contributed by atoms with van der Waals surface area (Å²) in [6.45, 7) is 8.29.